The Morgan fingerprint density at radius 3 is 2.75 bits per heavy atom. The third-order valence-corrected chi connectivity index (χ3v) is 4.87. The Balaban J connectivity index is 2.05. The van der Waals surface area contributed by atoms with Crippen LogP contribution in [0.4, 0.5) is 0 Å². The maximum atomic E-state index is 12.8. The van der Waals surface area contributed by atoms with Crippen LogP contribution in [0.5, 0.6) is 0 Å². The fourth-order valence-corrected chi connectivity index (χ4v) is 3.58. The molecule has 1 atom stereocenters. The van der Waals surface area contributed by atoms with Gasteiger partial charge in [-0.3, -0.25) is 14.4 Å². The molecule has 1 aliphatic rings. The molecule has 0 bridgehead atoms. The molecule has 1 aromatic heterocycles. The first-order valence-electron chi connectivity index (χ1n) is 8.36. The summed E-state index contributed by atoms with van der Waals surface area (Å²) >= 11 is 1.38. The number of amides is 3. The van der Waals surface area contributed by atoms with Crippen molar-refractivity contribution in [1.82, 2.24) is 15.1 Å². The van der Waals surface area contributed by atoms with Crippen LogP contribution in [0.3, 0.4) is 0 Å². The Bertz CT molecular complexity index is 586. The minimum atomic E-state index is -0.466. The number of likely N-dealkylation sites (tertiary alicyclic amines) is 1. The molecule has 1 aliphatic heterocycles. The minimum Gasteiger partial charge on any atom is -0.352 e. The van der Waals surface area contributed by atoms with Crippen LogP contribution in [-0.2, 0) is 9.59 Å². The summed E-state index contributed by atoms with van der Waals surface area (Å²) in [5.74, 6) is -0.406. The third-order valence-electron chi connectivity index (χ3n) is 4.01. The van der Waals surface area contributed by atoms with Crippen molar-refractivity contribution >= 4 is 29.1 Å². The Labute approximate surface area is 146 Å². The van der Waals surface area contributed by atoms with Gasteiger partial charge in [0.2, 0.25) is 11.8 Å². The monoisotopic (exact) mass is 351 g/mol. The van der Waals surface area contributed by atoms with Gasteiger partial charge in [0.25, 0.3) is 5.91 Å². The zero-order chi connectivity index (χ0) is 17.7. The van der Waals surface area contributed by atoms with Crippen LogP contribution >= 0.6 is 11.3 Å². The molecule has 0 radical (unpaired) electrons. The van der Waals surface area contributed by atoms with Crippen LogP contribution in [0.2, 0.25) is 0 Å². The lowest BCUT2D eigenvalue weighted by Crippen LogP contribution is -2.50. The summed E-state index contributed by atoms with van der Waals surface area (Å²) in [5.41, 5.74) is 0. The highest BCUT2D eigenvalue weighted by Gasteiger charge is 2.37. The van der Waals surface area contributed by atoms with Gasteiger partial charge in [0, 0.05) is 19.1 Å². The van der Waals surface area contributed by atoms with E-state index in [2.05, 4.69) is 5.32 Å². The molecule has 0 unspecified atom stereocenters. The van der Waals surface area contributed by atoms with E-state index in [1.165, 1.54) is 16.2 Å². The van der Waals surface area contributed by atoms with Gasteiger partial charge in [-0.1, -0.05) is 6.07 Å². The van der Waals surface area contributed by atoms with E-state index in [1.54, 1.807) is 11.0 Å². The number of hydrogen-bond donors (Lipinski definition) is 1. The van der Waals surface area contributed by atoms with Gasteiger partial charge >= 0.3 is 0 Å². The quantitative estimate of drug-likeness (QED) is 0.848. The second-order valence-corrected chi connectivity index (χ2v) is 7.16. The van der Waals surface area contributed by atoms with E-state index in [1.807, 2.05) is 32.2 Å². The maximum absolute atomic E-state index is 12.8. The van der Waals surface area contributed by atoms with Gasteiger partial charge in [-0.05, 0) is 45.1 Å². The first-order valence-corrected chi connectivity index (χ1v) is 9.24. The summed E-state index contributed by atoms with van der Waals surface area (Å²) in [7, 11) is 0. The second kappa shape index (κ2) is 8.28. The molecule has 1 saturated heterocycles. The van der Waals surface area contributed by atoms with Crippen molar-refractivity contribution in [3.63, 3.8) is 0 Å². The van der Waals surface area contributed by atoms with E-state index < -0.39 is 6.04 Å². The lowest BCUT2D eigenvalue weighted by molar-refractivity contribution is -0.139. The summed E-state index contributed by atoms with van der Waals surface area (Å²) < 4.78 is 0. The van der Waals surface area contributed by atoms with Gasteiger partial charge in [0.05, 0.1) is 11.4 Å². The highest BCUT2D eigenvalue weighted by Crippen LogP contribution is 2.23. The van der Waals surface area contributed by atoms with E-state index in [0.29, 0.717) is 24.4 Å². The van der Waals surface area contributed by atoms with Gasteiger partial charge in [0.15, 0.2) is 0 Å². The molecule has 3 amide bonds. The highest BCUT2D eigenvalue weighted by atomic mass is 32.1. The molecular formula is C17H25N3O3S. The molecule has 6 nitrogen and oxygen atoms in total. The molecule has 24 heavy (non-hydrogen) atoms. The predicted molar refractivity (Wildman–Crippen MR) is 93.9 cm³/mol. The molecule has 1 aromatic rings. The molecule has 2 rings (SSSR count). The summed E-state index contributed by atoms with van der Waals surface area (Å²) in [6.45, 7) is 6.68. The Morgan fingerprint density at radius 2 is 2.17 bits per heavy atom. The average Bonchev–Trinajstić information content (AvgIpc) is 3.21. The van der Waals surface area contributed by atoms with Crippen molar-refractivity contribution in [1.29, 1.82) is 0 Å². The third kappa shape index (κ3) is 4.35. The smallest absolute Gasteiger partial charge is 0.264 e. The number of rotatable bonds is 6. The van der Waals surface area contributed by atoms with Gasteiger partial charge in [-0.25, -0.2) is 0 Å². The standard InChI is InChI=1S/C17H25N3O3S/c1-4-19(11-15(21)18-12(2)3)16(22)13-7-5-9-20(13)17(23)14-8-6-10-24-14/h6,8,10,12-13H,4-5,7,9,11H2,1-3H3,(H,18,21)/t13-/m0/s1. The SMILES string of the molecule is CCN(CC(=O)NC(C)C)C(=O)[C@@H]1CCCN1C(=O)c1cccs1. The lowest BCUT2D eigenvalue weighted by atomic mass is 10.2. The zero-order valence-corrected chi connectivity index (χ0v) is 15.3. The minimum absolute atomic E-state index is 0.0328. The molecule has 0 spiro atoms. The molecule has 1 N–H and O–H groups in total. The van der Waals surface area contributed by atoms with Crippen LogP contribution in [0.1, 0.15) is 43.3 Å². The number of carbonyl (C=O) groups is 3. The van der Waals surface area contributed by atoms with Crippen LogP contribution in [0.25, 0.3) is 0 Å². The first kappa shape index (κ1) is 18.4. The first-order chi connectivity index (χ1) is 11.4. The maximum Gasteiger partial charge on any atom is 0.264 e. The van der Waals surface area contributed by atoms with Crippen LogP contribution < -0.4 is 5.32 Å². The average molecular weight is 351 g/mol. The van der Waals surface area contributed by atoms with Crippen molar-refractivity contribution in [2.75, 3.05) is 19.6 Å². The normalized spacial score (nSPS) is 17.2. The molecule has 132 valence electrons. The number of likely N-dealkylation sites (N-methyl/N-ethyl adjacent to an activating group) is 1. The van der Waals surface area contributed by atoms with Crippen molar-refractivity contribution in [3.8, 4) is 0 Å². The van der Waals surface area contributed by atoms with Crippen LogP contribution in [0, 0.1) is 0 Å². The molecule has 7 heteroatoms. The number of hydrogen-bond acceptors (Lipinski definition) is 4. The van der Waals surface area contributed by atoms with Crippen molar-refractivity contribution in [2.45, 2.75) is 45.7 Å². The lowest BCUT2D eigenvalue weighted by Gasteiger charge is -2.29. The molecular weight excluding hydrogens is 326 g/mol. The largest absolute Gasteiger partial charge is 0.352 e. The molecule has 1 fully saturated rings. The van der Waals surface area contributed by atoms with Gasteiger partial charge in [-0.15, -0.1) is 11.3 Å². The fraction of sp³-hybridized carbons (Fsp3) is 0.588. The Morgan fingerprint density at radius 1 is 1.42 bits per heavy atom. The van der Waals surface area contributed by atoms with E-state index in [4.69, 9.17) is 0 Å². The number of carbonyl (C=O) groups excluding carboxylic acids is 3. The van der Waals surface area contributed by atoms with Crippen LogP contribution in [0.15, 0.2) is 17.5 Å². The summed E-state index contributed by atoms with van der Waals surface area (Å²) in [4.78, 5) is 41.2. The molecule has 2 heterocycles. The number of thiophene rings is 1. The number of nitrogens with one attached hydrogen (secondary N) is 1. The highest BCUT2D eigenvalue weighted by molar-refractivity contribution is 7.12. The summed E-state index contributed by atoms with van der Waals surface area (Å²) in [6, 6.07) is 3.18. The molecule has 0 aromatic carbocycles. The van der Waals surface area contributed by atoms with Crippen LogP contribution in [-0.4, -0.2) is 59.2 Å². The summed E-state index contributed by atoms with van der Waals surface area (Å²) in [5, 5.41) is 4.65. The Kier molecular flexibility index (Phi) is 6.36. The van der Waals surface area contributed by atoms with E-state index in [9.17, 15) is 14.4 Å². The van der Waals surface area contributed by atoms with Gasteiger partial charge < -0.3 is 15.1 Å². The van der Waals surface area contributed by atoms with Crippen molar-refractivity contribution in [2.24, 2.45) is 0 Å². The second-order valence-electron chi connectivity index (χ2n) is 6.21. The topological polar surface area (TPSA) is 69.7 Å². The predicted octanol–water partition coefficient (Wildman–Crippen LogP) is 1.73. The van der Waals surface area contributed by atoms with E-state index in [-0.39, 0.29) is 30.3 Å². The number of nitrogens with zero attached hydrogens (tertiary/aromatic N) is 2. The fourth-order valence-electron chi connectivity index (χ4n) is 2.91. The van der Waals surface area contributed by atoms with Crippen molar-refractivity contribution in [3.05, 3.63) is 22.4 Å². The summed E-state index contributed by atoms with van der Waals surface area (Å²) in [6.07, 6.45) is 1.46. The molecule has 0 saturated carbocycles. The zero-order valence-electron chi connectivity index (χ0n) is 14.4. The van der Waals surface area contributed by atoms with Gasteiger partial charge in [0.1, 0.15) is 6.04 Å². The van der Waals surface area contributed by atoms with E-state index in [0.717, 1.165) is 6.42 Å². The van der Waals surface area contributed by atoms with Gasteiger partial charge in [-0.2, -0.15) is 0 Å². The van der Waals surface area contributed by atoms with E-state index >= 15 is 0 Å². The van der Waals surface area contributed by atoms with Crippen molar-refractivity contribution < 1.29 is 14.4 Å². The Hall–Kier alpha value is -1.89. The molecule has 0 aliphatic carbocycles.